The van der Waals surface area contributed by atoms with Crippen molar-refractivity contribution in [2.45, 2.75) is 27.2 Å². The minimum atomic E-state index is -2.14. The van der Waals surface area contributed by atoms with Crippen LogP contribution < -0.4 is 10.6 Å². The number of rotatable bonds is 6. The maximum Gasteiger partial charge on any atom is 0.418 e. The molecule has 0 bridgehead atoms. The van der Waals surface area contributed by atoms with Gasteiger partial charge in [-0.05, 0) is 61.7 Å². The summed E-state index contributed by atoms with van der Waals surface area (Å²) in [6.45, 7) is 5.81. The highest BCUT2D eigenvalue weighted by Gasteiger charge is 2.37. The molecule has 0 saturated heterocycles. The van der Waals surface area contributed by atoms with Gasteiger partial charge in [-0.3, -0.25) is 0 Å². The van der Waals surface area contributed by atoms with E-state index in [-0.39, 0.29) is 12.3 Å². The molecule has 1 unspecified atom stereocenters. The second-order valence-electron chi connectivity index (χ2n) is 6.72. The van der Waals surface area contributed by atoms with Gasteiger partial charge < -0.3 is 9.72 Å². The predicted molar refractivity (Wildman–Crippen MR) is 121 cm³/mol. The monoisotopic (exact) mass is 439 g/mol. The molecule has 0 fully saturated rings. The Labute approximate surface area is 181 Å². The zero-order chi connectivity index (χ0) is 21.8. The Hall–Kier alpha value is -2.93. The Bertz CT molecular complexity index is 1220. The molecule has 0 saturated carbocycles. The van der Waals surface area contributed by atoms with Crippen molar-refractivity contribution in [3.63, 3.8) is 0 Å². The van der Waals surface area contributed by atoms with Gasteiger partial charge in [0.25, 0.3) is 0 Å². The molecule has 7 heteroatoms. The standard InChI is InChI=1S/C23H20ClN2O3P/c1-4-17-15(7-6-10-25)11-14(3)12-20(17)30(28)22-18-13-16(24)8-9-19(18)26-21(22)23(27)29-5-2/h6-9,11-13H,4-5H2,1-3H3/p+1. The summed E-state index contributed by atoms with van der Waals surface area (Å²) in [5, 5.41) is 11.1. The van der Waals surface area contributed by atoms with Gasteiger partial charge in [-0.1, -0.05) is 29.2 Å². The highest BCUT2D eigenvalue weighted by atomic mass is 35.5. The molecule has 30 heavy (non-hydrogen) atoms. The van der Waals surface area contributed by atoms with Crippen LogP contribution in [0.25, 0.3) is 17.0 Å². The summed E-state index contributed by atoms with van der Waals surface area (Å²) in [6, 6.07) is 11.0. The number of aromatic nitrogens is 1. The molecule has 0 aliphatic carbocycles. The van der Waals surface area contributed by atoms with E-state index in [1.807, 2.05) is 32.0 Å². The Kier molecular flexibility index (Phi) is 6.72. The lowest BCUT2D eigenvalue weighted by Crippen LogP contribution is -2.19. The summed E-state index contributed by atoms with van der Waals surface area (Å²) < 4.78 is 19.1. The van der Waals surface area contributed by atoms with Gasteiger partial charge in [-0.15, -0.1) is 0 Å². The number of fused-ring (bicyclic) bond motifs is 1. The van der Waals surface area contributed by atoms with E-state index in [1.54, 1.807) is 31.2 Å². The van der Waals surface area contributed by atoms with E-state index in [0.717, 1.165) is 16.7 Å². The van der Waals surface area contributed by atoms with Crippen LogP contribution in [-0.2, 0) is 15.7 Å². The maximum atomic E-state index is 13.9. The number of esters is 1. The molecular weight excluding hydrogens is 419 g/mol. The first-order valence-corrected chi connectivity index (χ1v) is 11.2. The van der Waals surface area contributed by atoms with Crippen molar-refractivity contribution in [3.05, 3.63) is 63.8 Å². The van der Waals surface area contributed by atoms with E-state index < -0.39 is 13.8 Å². The van der Waals surface area contributed by atoms with Crippen LogP contribution >= 0.6 is 19.4 Å². The number of nitriles is 1. The van der Waals surface area contributed by atoms with Crippen molar-refractivity contribution in [2.24, 2.45) is 0 Å². The zero-order valence-electron chi connectivity index (χ0n) is 17.0. The lowest BCUT2D eigenvalue weighted by atomic mass is 10.0. The number of aryl methyl sites for hydroxylation is 1. The third-order valence-electron chi connectivity index (χ3n) is 4.73. The smallest absolute Gasteiger partial charge is 0.418 e. The summed E-state index contributed by atoms with van der Waals surface area (Å²) in [4.78, 5) is 15.7. The average Bonchev–Trinajstić information content (AvgIpc) is 3.10. The molecule has 1 N–H and O–H groups in total. The fourth-order valence-corrected chi connectivity index (χ4v) is 5.52. The molecule has 3 rings (SSSR count). The van der Waals surface area contributed by atoms with Gasteiger partial charge in [0.1, 0.15) is 0 Å². The molecule has 152 valence electrons. The quantitative estimate of drug-likeness (QED) is 0.326. The van der Waals surface area contributed by atoms with Crippen molar-refractivity contribution in [1.82, 2.24) is 4.98 Å². The van der Waals surface area contributed by atoms with Crippen LogP contribution in [0.3, 0.4) is 0 Å². The van der Waals surface area contributed by atoms with Crippen LogP contribution in [0, 0.1) is 18.3 Å². The number of nitrogens with zero attached hydrogens (tertiary/aromatic N) is 1. The minimum absolute atomic E-state index is 0.174. The van der Waals surface area contributed by atoms with Crippen molar-refractivity contribution in [2.75, 3.05) is 6.61 Å². The molecule has 2 aromatic carbocycles. The maximum absolute atomic E-state index is 13.9. The van der Waals surface area contributed by atoms with Gasteiger partial charge in [0.05, 0.1) is 23.6 Å². The first kappa shape index (κ1) is 21.8. The van der Waals surface area contributed by atoms with Crippen LogP contribution in [0.2, 0.25) is 5.02 Å². The van der Waals surface area contributed by atoms with Crippen molar-refractivity contribution in [3.8, 4) is 6.07 Å². The Morgan fingerprint density at radius 1 is 1.30 bits per heavy atom. The first-order valence-electron chi connectivity index (χ1n) is 9.56. The fraction of sp³-hybridized carbons (Fsp3) is 0.217. The topological polar surface area (TPSA) is 83.0 Å². The summed E-state index contributed by atoms with van der Waals surface area (Å²) in [5.41, 5.74) is 3.47. The molecule has 0 amide bonds. The number of hydrogen-bond donors (Lipinski definition) is 1. The Morgan fingerprint density at radius 3 is 2.73 bits per heavy atom. The molecule has 1 atom stereocenters. The van der Waals surface area contributed by atoms with E-state index in [9.17, 15) is 9.36 Å². The van der Waals surface area contributed by atoms with Crippen LogP contribution in [0.1, 0.15) is 41.0 Å². The van der Waals surface area contributed by atoms with Crippen LogP contribution in [0.4, 0.5) is 0 Å². The highest BCUT2D eigenvalue weighted by Crippen LogP contribution is 2.32. The number of aromatic amines is 1. The fourth-order valence-electron chi connectivity index (χ4n) is 3.50. The molecule has 5 nitrogen and oxygen atoms in total. The number of benzene rings is 2. The molecule has 0 spiro atoms. The molecule has 0 radical (unpaired) electrons. The lowest BCUT2D eigenvalue weighted by Gasteiger charge is -2.06. The summed E-state index contributed by atoms with van der Waals surface area (Å²) in [7, 11) is -2.14. The molecule has 0 aliphatic rings. The molecule has 0 aliphatic heterocycles. The van der Waals surface area contributed by atoms with Gasteiger partial charge in [0.2, 0.25) is 5.30 Å². The van der Waals surface area contributed by atoms with Crippen molar-refractivity contribution in [1.29, 1.82) is 5.26 Å². The second kappa shape index (κ2) is 9.26. The third kappa shape index (κ3) is 4.16. The number of allylic oxidation sites excluding steroid dienone is 1. The van der Waals surface area contributed by atoms with Gasteiger partial charge in [0.15, 0.2) is 11.0 Å². The lowest BCUT2D eigenvalue weighted by molar-refractivity contribution is 0.0522. The number of hydrogen-bond acceptors (Lipinski definition) is 4. The Morgan fingerprint density at radius 2 is 2.07 bits per heavy atom. The van der Waals surface area contributed by atoms with Crippen LogP contribution in [0.5, 0.6) is 0 Å². The number of carbonyl (C=O) groups excluding carboxylic acids is 1. The van der Waals surface area contributed by atoms with E-state index >= 15 is 0 Å². The normalized spacial score (nSPS) is 11.6. The minimum Gasteiger partial charge on any atom is -0.461 e. The molecule has 3 aromatic rings. The SMILES string of the molecule is CCOC(=O)c1[nH]c2ccc(Cl)cc2c1[P+](=O)c1cc(C)cc(C=CC#N)c1CC. The largest absolute Gasteiger partial charge is 0.461 e. The van der Waals surface area contributed by atoms with E-state index in [4.69, 9.17) is 21.6 Å². The van der Waals surface area contributed by atoms with Crippen molar-refractivity contribution < 1.29 is 14.1 Å². The van der Waals surface area contributed by atoms with E-state index in [0.29, 0.717) is 33.0 Å². The number of ether oxygens (including phenoxy) is 1. The first-order chi connectivity index (χ1) is 14.4. The molecule has 1 heterocycles. The van der Waals surface area contributed by atoms with E-state index in [2.05, 4.69) is 4.98 Å². The Balaban J connectivity index is 2.30. The van der Waals surface area contributed by atoms with Crippen LogP contribution in [0.15, 0.2) is 36.4 Å². The molecule has 1 aromatic heterocycles. The number of carbonyl (C=O) groups is 1. The predicted octanol–water partition coefficient (Wildman–Crippen LogP) is 5.18. The zero-order valence-corrected chi connectivity index (χ0v) is 18.6. The summed E-state index contributed by atoms with van der Waals surface area (Å²) >= 11 is 6.19. The average molecular weight is 440 g/mol. The number of H-pyrrole nitrogens is 1. The summed E-state index contributed by atoms with van der Waals surface area (Å²) in [5.74, 6) is -0.557. The number of halogens is 1. The third-order valence-corrected chi connectivity index (χ3v) is 6.67. The summed E-state index contributed by atoms with van der Waals surface area (Å²) in [6.07, 6.45) is 3.75. The highest BCUT2D eigenvalue weighted by molar-refractivity contribution is 7.62. The molecular formula is C23H21ClN2O3P+. The van der Waals surface area contributed by atoms with Crippen LogP contribution in [-0.4, -0.2) is 17.6 Å². The van der Waals surface area contributed by atoms with Gasteiger partial charge in [-0.25, -0.2) is 4.79 Å². The second-order valence-corrected chi connectivity index (χ2v) is 8.68. The van der Waals surface area contributed by atoms with E-state index in [1.165, 1.54) is 6.08 Å². The van der Waals surface area contributed by atoms with Gasteiger partial charge in [-0.2, -0.15) is 5.26 Å². The van der Waals surface area contributed by atoms with Crippen molar-refractivity contribution >= 4 is 53.0 Å². The number of nitrogens with one attached hydrogen (secondary N) is 1. The van der Waals surface area contributed by atoms with Gasteiger partial charge in [0, 0.05) is 16.7 Å². The van der Waals surface area contributed by atoms with Gasteiger partial charge >= 0.3 is 13.8 Å².